The van der Waals surface area contributed by atoms with Gasteiger partial charge in [0.1, 0.15) is 5.54 Å². The van der Waals surface area contributed by atoms with Gasteiger partial charge in [-0.1, -0.05) is 11.8 Å². The molecule has 2 saturated carbocycles. The molecule has 2 aliphatic rings. The Morgan fingerprint density at radius 1 is 1.19 bits per heavy atom. The maximum Gasteiger partial charge on any atom is 0.188 e. The molecule has 1 N–H and O–H groups in total. The quantitative estimate of drug-likeness (QED) is 0.866. The van der Waals surface area contributed by atoms with Crippen molar-refractivity contribution in [3.05, 3.63) is 17.0 Å². The highest BCUT2D eigenvalue weighted by molar-refractivity contribution is 7.99. The molecule has 0 aliphatic heterocycles. The summed E-state index contributed by atoms with van der Waals surface area (Å²) in [5, 5.41) is 14.4. The van der Waals surface area contributed by atoms with Crippen LogP contribution in [-0.4, -0.2) is 26.8 Å². The summed E-state index contributed by atoms with van der Waals surface area (Å²) in [5.74, 6) is 0. The monoisotopic (exact) mass is 302 g/mol. The minimum absolute atomic E-state index is 0.312. The Balaban J connectivity index is 1.68. The van der Waals surface area contributed by atoms with Gasteiger partial charge in [0.25, 0.3) is 0 Å². The lowest BCUT2D eigenvalue weighted by molar-refractivity contribution is 0.420. The summed E-state index contributed by atoms with van der Waals surface area (Å²) in [7, 11) is 0. The van der Waals surface area contributed by atoms with Crippen molar-refractivity contribution in [2.24, 2.45) is 0 Å². The van der Waals surface area contributed by atoms with Crippen LogP contribution < -0.4 is 5.32 Å². The minimum Gasteiger partial charge on any atom is -0.297 e. The Labute approximate surface area is 130 Å². The van der Waals surface area contributed by atoms with Gasteiger partial charge in [-0.3, -0.25) is 5.32 Å². The predicted octanol–water partition coefficient (Wildman–Crippen LogP) is 3.06. The van der Waals surface area contributed by atoms with Gasteiger partial charge in [-0.2, -0.15) is 5.26 Å². The van der Waals surface area contributed by atoms with Gasteiger partial charge < -0.3 is 0 Å². The topological polar surface area (TPSA) is 61.6 Å². The third kappa shape index (κ3) is 3.22. The highest BCUT2D eigenvalue weighted by atomic mass is 32.2. The van der Waals surface area contributed by atoms with Gasteiger partial charge in [0.05, 0.1) is 6.07 Å². The number of rotatable bonds is 4. The molecule has 1 aromatic rings. The first-order valence-corrected chi connectivity index (χ1v) is 8.57. The van der Waals surface area contributed by atoms with Crippen LogP contribution in [0.5, 0.6) is 0 Å². The van der Waals surface area contributed by atoms with E-state index in [9.17, 15) is 5.26 Å². The van der Waals surface area contributed by atoms with Crippen molar-refractivity contribution >= 4 is 11.8 Å². The lowest BCUT2D eigenvalue weighted by Crippen LogP contribution is -2.43. The fraction of sp³-hybridized carbons (Fsp3) is 0.688. The van der Waals surface area contributed by atoms with Crippen molar-refractivity contribution in [2.75, 3.05) is 0 Å². The van der Waals surface area contributed by atoms with Crippen LogP contribution >= 0.6 is 11.8 Å². The summed E-state index contributed by atoms with van der Waals surface area (Å²) in [6.45, 7) is 6.14. The van der Waals surface area contributed by atoms with Gasteiger partial charge >= 0.3 is 0 Å². The number of thioether (sulfide) groups is 1. The average molecular weight is 302 g/mol. The summed E-state index contributed by atoms with van der Waals surface area (Å²) in [6, 6.07) is 3.11. The van der Waals surface area contributed by atoms with Crippen LogP contribution in [0.1, 0.15) is 49.1 Å². The molecule has 0 bridgehead atoms. The zero-order valence-electron chi connectivity index (χ0n) is 12.9. The molecule has 2 fully saturated rings. The molecule has 3 rings (SSSR count). The number of aromatic nitrogens is 2. The predicted molar refractivity (Wildman–Crippen MR) is 84.2 cm³/mol. The SMILES string of the molecule is Cc1nc(SC2CCC(C#N)(NC3CC3)C2)nc(C)c1C. The molecule has 5 heteroatoms. The van der Waals surface area contributed by atoms with Crippen LogP contribution in [0, 0.1) is 32.1 Å². The van der Waals surface area contributed by atoms with E-state index in [1.54, 1.807) is 11.8 Å². The van der Waals surface area contributed by atoms with Gasteiger partial charge in [-0.05, 0) is 58.4 Å². The van der Waals surface area contributed by atoms with Crippen molar-refractivity contribution in [3.63, 3.8) is 0 Å². The van der Waals surface area contributed by atoms with Crippen LogP contribution in [0.3, 0.4) is 0 Å². The molecular formula is C16H22N4S. The maximum atomic E-state index is 9.55. The van der Waals surface area contributed by atoms with E-state index in [2.05, 4.69) is 28.3 Å². The second kappa shape index (κ2) is 5.58. The van der Waals surface area contributed by atoms with Gasteiger partial charge in [0.2, 0.25) is 0 Å². The summed E-state index contributed by atoms with van der Waals surface area (Å²) in [4.78, 5) is 9.18. The van der Waals surface area contributed by atoms with Crippen LogP contribution in [0.25, 0.3) is 0 Å². The van der Waals surface area contributed by atoms with E-state index in [-0.39, 0.29) is 5.54 Å². The first-order valence-electron chi connectivity index (χ1n) is 7.69. The molecule has 1 aromatic heterocycles. The molecule has 0 saturated heterocycles. The van der Waals surface area contributed by atoms with Crippen molar-refractivity contribution in [3.8, 4) is 6.07 Å². The Hall–Kier alpha value is -1.12. The Bertz CT molecular complexity index is 567. The minimum atomic E-state index is -0.312. The average Bonchev–Trinajstić information content (AvgIpc) is 3.16. The highest BCUT2D eigenvalue weighted by Crippen LogP contribution is 2.40. The number of aryl methyl sites for hydroxylation is 2. The van der Waals surface area contributed by atoms with Gasteiger partial charge in [0.15, 0.2) is 5.16 Å². The fourth-order valence-corrected chi connectivity index (χ4v) is 4.21. The molecule has 0 amide bonds. The smallest absolute Gasteiger partial charge is 0.188 e. The Kier molecular flexibility index (Phi) is 3.94. The van der Waals surface area contributed by atoms with Crippen molar-refractivity contribution in [1.82, 2.24) is 15.3 Å². The Morgan fingerprint density at radius 3 is 2.43 bits per heavy atom. The zero-order valence-corrected chi connectivity index (χ0v) is 13.8. The summed E-state index contributed by atoms with van der Waals surface area (Å²) in [5.41, 5.74) is 2.98. The van der Waals surface area contributed by atoms with Crippen LogP contribution in [0.4, 0.5) is 0 Å². The van der Waals surface area contributed by atoms with Crippen molar-refractivity contribution < 1.29 is 0 Å². The van der Waals surface area contributed by atoms with E-state index >= 15 is 0 Å². The lowest BCUT2D eigenvalue weighted by Gasteiger charge is -2.22. The molecule has 2 atom stereocenters. The van der Waals surface area contributed by atoms with E-state index in [0.29, 0.717) is 11.3 Å². The number of hydrogen-bond donors (Lipinski definition) is 1. The number of nitriles is 1. The third-order valence-corrected chi connectivity index (χ3v) is 5.75. The summed E-state index contributed by atoms with van der Waals surface area (Å²) < 4.78 is 0. The van der Waals surface area contributed by atoms with Gasteiger partial charge in [0, 0.05) is 22.7 Å². The fourth-order valence-electron chi connectivity index (χ4n) is 2.93. The summed E-state index contributed by atoms with van der Waals surface area (Å²) in [6.07, 6.45) is 5.36. The molecule has 4 nitrogen and oxygen atoms in total. The van der Waals surface area contributed by atoms with E-state index in [0.717, 1.165) is 35.8 Å². The van der Waals surface area contributed by atoms with Gasteiger partial charge in [-0.25, -0.2) is 9.97 Å². The Morgan fingerprint density at radius 2 is 1.86 bits per heavy atom. The standard InChI is InChI=1S/C16H22N4S/c1-10-11(2)18-15(19-12(10)3)21-14-6-7-16(8-14,9-17)20-13-4-5-13/h13-14,20H,4-8H2,1-3H3. The molecular weight excluding hydrogens is 280 g/mol. The van der Waals surface area contributed by atoms with E-state index in [1.165, 1.54) is 18.4 Å². The molecule has 1 heterocycles. The molecule has 2 unspecified atom stereocenters. The first kappa shape index (κ1) is 14.8. The maximum absolute atomic E-state index is 9.55. The van der Waals surface area contributed by atoms with Crippen LogP contribution in [-0.2, 0) is 0 Å². The van der Waals surface area contributed by atoms with Crippen LogP contribution in [0.2, 0.25) is 0 Å². The number of hydrogen-bond acceptors (Lipinski definition) is 5. The second-order valence-electron chi connectivity index (χ2n) is 6.40. The first-order chi connectivity index (χ1) is 10.0. The molecule has 112 valence electrons. The molecule has 0 radical (unpaired) electrons. The van der Waals surface area contributed by atoms with E-state index < -0.39 is 0 Å². The van der Waals surface area contributed by atoms with E-state index in [4.69, 9.17) is 0 Å². The zero-order chi connectivity index (χ0) is 15.0. The molecule has 21 heavy (non-hydrogen) atoms. The molecule has 0 spiro atoms. The molecule has 2 aliphatic carbocycles. The van der Waals surface area contributed by atoms with Crippen molar-refractivity contribution in [1.29, 1.82) is 5.26 Å². The highest BCUT2D eigenvalue weighted by Gasteiger charge is 2.43. The summed E-state index contributed by atoms with van der Waals surface area (Å²) >= 11 is 1.74. The lowest BCUT2D eigenvalue weighted by atomic mass is 10.00. The van der Waals surface area contributed by atoms with Crippen molar-refractivity contribution in [2.45, 2.75) is 74.9 Å². The van der Waals surface area contributed by atoms with E-state index in [1.807, 2.05) is 13.8 Å². The normalized spacial score (nSPS) is 28.6. The number of nitrogens with zero attached hydrogens (tertiary/aromatic N) is 3. The van der Waals surface area contributed by atoms with Crippen LogP contribution in [0.15, 0.2) is 5.16 Å². The third-order valence-electron chi connectivity index (χ3n) is 4.63. The second-order valence-corrected chi connectivity index (χ2v) is 7.66. The molecule has 0 aromatic carbocycles. The van der Waals surface area contributed by atoms with Gasteiger partial charge in [-0.15, -0.1) is 0 Å². The number of nitrogens with one attached hydrogen (secondary N) is 1. The largest absolute Gasteiger partial charge is 0.297 e.